The van der Waals surface area contributed by atoms with Crippen molar-refractivity contribution >= 4 is 0 Å². The molecular formula is C17H27N. The van der Waals surface area contributed by atoms with Gasteiger partial charge in [0.1, 0.15) is 0 Å². The first-order valence-corrected chi connectivity index (χ1v) is 7.66. The van der Waals surface area contributed by atoms with Gasteiger partial charge in [0.25, 0.3) is 0 Å². The summed E-state index contributed by atoms with van der Waals surface area (Å²) in [5, 5.41) is 0. The molecule has 0 saturated heterocycles. The molecule has 100 valence electrons. The van der Waals surface area contributed by atoms with E-state index in [0.717, 1.165) is 6.04 Å². The summed E-state index contributed by atoms with van der Waals surface area (Å²) in [5.74, 6) is 0. The Kier molecular flexibility index (Phi) is 5.25. The van der Waals surface area contributed by atoms with Crippen molar-refractivity contribution in [2.45, 2.75) is 71.5 Å². The fourth-order valence-electron chi connectivity index (χ4n) is 3.01. The Hall–Kier alpha value is -0.820. The Balaban J connectivity index is 1.96. The third kappa shape index (κ3) is 3.35. The average molecular weight is 245 g/mol. The number of hydrogen-bond acceptors (Lipinski definition) is 1. The van der Waals surface area contributed by atoms with Crippen LogP contribution in [0.1, 0.15) is 63.5 Å². The Morgan fingerprint density at radius 1 is 0.944 bits per heavy atom. The standard InChI is InChI=1S/C17H27N/c1-3-5-11-17(12-6-4-2)18-13-15-9-7-8-10-16(15)14-18/h7-10,17H,3-6,11-14H2,1-2H3. The molecular weight excluding hydrogens is 218 g/mol. The molecule has 1 aliphatic rings. The predicted molar refractivity (Wildman–Crippen MR) is 78.5 cm³/mol. The van der Waals surface area contributed by atoms with Gasteiger partial charge in [0.05, 0.1) is 0 Å². The minimum absolute atomic E-state index is 0.803. The van der Waals surface area contributed by atoms with Gasteiger partial charge in [-0.05, 0) is 24.0 Å². The van der Waals surface area contributed by atoms with Gasteiger partial charge < -0.3 is 0 Å². The number of hydrogen-bond donors (Lipinski definition) is 0. The van der Waals surface area contributed by atoms with Crippen molar-refractivity contribution < 1.29 is 0 Å². The highest BCUT2D eigenvalue weighted by Crippen LogP contribution is 2.28. The van der Waals surface area contributed by atoms with Crippen molar-refractivity contribution in [3.05, 3.63) is 35.4 Å². The molecule has 0 atom stereocenters. The van der Waals surface area contributed by atoms with E-state index in [1.165, 1.54) is 51.6 Å². The van der Waals surface area contributed by atoms with Crippen LogP contribution in [0.15, 0.2) is 24.3 Å². The summed E-state index contributed by atoms with van der Waals surface area (Å²) < 4.78 is 0. The molecule has 0 unspecified atom stereocenters. The highest BCUT2D eigenvalue weighted by atomic mass is 15.2. The second kappa shape index (κ2) is 6.94. The number of unbranched alkanes of at least 4 members (excludes halogenated alkanes) is 2. The minimum atomic E-state index is 0.803. The molecule has 1 aliphatic heterocycles. The third-order valence-electron chi connectivity index (χ3n) is 4.16. The molecule has 0 fully saturated rings. The molecule has 0 spiro atoms. The van der Waals surface area contributed by atoms with Crippen molar-refractivity contribution in [3.63, 3.8) is 0 Å². The van der Waals surface area contributed by atoms with Gasteiger partial charge in [-0.1, -0.05) is 63.8 Å². The summed E-state index contributed by atoms with van der Waals surface area (Å²) in [4.78, 5) is 2.70. The van der Waals surface area contributed by atoms with Crippen molar-refractivity contribution in [1.29, 1.82) is 0 Å². The van der Waals surface area contributed by atoms with Gasteiger partial charge in [0.15, 0.2) is 0 Å². The van der Waals surface area contributed by atoms with Crippen molar-refractivity contribution in [1.82, 2.24) is 4.90 Å². The lowest BCUT2D eigenvalue weighted by Crippen LogP contribution is -2.30. The quantitative estimate of drug-likeness (QED) is 0.670. The lowest BCUT2D eigenvalue weighted by Gasteiger charge is -2.27. The van der Waals surface area contributed by atoms with Crippen LogP contribution in [0.4, 0.5) is 0 Å². The van der Waals surface area contributed by atoms with E-state index in [9.17, 15) is 0 Å². The molecule has 1 aromatic rings. The van der Waals surface area contributed by atoms with Crippen LogP contribution in [0.25, 0.3) is 0 Å². The molecule has 0 aliphatic carbocycles. The second-order valence-electron chi connectivity index (χ2n) is 5.61. The molecule has 18 heavy (non-hydrogen) atoms. The van der Waals surface area contributed by atoms with E-state index in [-0.39, 0.29) is 0 Å². The number of fused-ring (bicyclic) bond motifs is 1. The van der Waals surface area contributed by atoms with E-state index in [1.54, 1.807) is 11.1 Å². The van der Waals surface area contributed by atoms with Gasteiger partial charge in [0.2, 0.25) is 0 Å². The van der Waals surface area contributed by atoms with E-state index in [0.29, 0.717) is 0 Å². The number of benzene rings is 1. The molecule has 1 heteroatoms. The molecule has 1 heterocycles. The summed E-state index contributed by atoms with van der Waals surface area (Å²) in [7, 11) is 0. The van der Waals surface area contributed by atoms with Crippen molar-refractivity contribution in [2.24, 2.45) is 0 Å². The largest absolute Gasteiger partial charge is 0.292 e. The lowest BCUT2D eigenvalue weighted by molar-refractivity contribution is 0.173. The van der Waals surface area contributed by atoms with Crippen molar-refractivity contribution in [2.75, 3.05) is 0 Å². The highest BCUT2D eigenvalue weighted by molar-refractivity contribution is 5.30. The SMILES string of the molecule is CCCCC(CCCC)N1Cc2ccccc2C1. The summed E-state index contributed by atoms with van der Waals surface area (Å²) in [6.07, 6.45) is 8.16. The molecule has 0 aromatic heterocycles. The van der Waals surface area contributed by atoms with Crippen LogP contribution in [0, 0.1) is 0 Å². The summed E-state index contributed by atoms with van der Waals surface area (Å²) in [5.41, 5.74) is 3.10. The zero-order chi connectivity index (χ0) is 12.8. The maximum Gasteiger partial charge on any atom is 0.0243 e. The fourth-order valence-corrected chi connectivity index (χ4v) is 3.01. The van der Waals surface area contributed by atoms with E-state index < -0.39 is 0 Å². The van der Waals surface area contributed by atoms with Gasteiger partial charge in [-0.2, -0.15) is 0 Å². The topological polar surface area (TPSA) is 3.24 Å². The molecule has 0 amide bonds. The minimum Gasteiger partial charge on any atom is -0.292 e. The van der Waals surface area contributed by atoms with Crippen LogP contribution < -0.4 is 0 Å². The zero-order valence-electron chi connectivity index (χ0n) is 12.0. The number of nitrogens with zero attached hydrogens (tertiary/aromatic N) is 1. The molecule has 0 saturated carbocycles. The Morgan fingerprint density at radius 3 is 1.89 bits per heavy atom. The van der Waals surface area contributed by atoms with Gasteiger partial charge in [0, 0.05) is 19.1 Å². The fraction of sp³-hybridized carbons (Fsp3) is 0.647. The smallest absolute Gasteiger partial charge is 0.0243 e. The van der Waals surface area contributed by atoms with E-state index in [1.807, 2.05) is 0 Å². The second-order valence-corrected chi connectivity index (χ2v) is 5.61. The van der Waals surface area contributed by atoms with Crippen molar-refractivity contribution in [3.8, 4) is 0 Å². The highest BCUT2D eigenvalue weighted by Gasteiger charge is 2.24. The first-order valence-electron chi connectivity index (χ1n) is 7.66. The summed E-state index contributed by atoms with van der Waals surface area (Å²) in [6.45, 7) is 6.95. The monoisotopic (exact) mass is 245 g/mol. The van der Waals surface area contributed by atoms with Gasteiger partial charge in [-0.3, -0.25) is 4.90 Å². The Bertz CT molecular complexity index is 325. The maximum absolute atomic E-state index is 2.70. The van der Waals surface area contributed by atoms with Crippen LogP contribution in [-0.4, -0.2) is 10.9 Å². The molecule has 0 bridgehead atoms. The summed E-state index contributed by atoms with van der Waals surface area (Å²) >= 11 is 0. The van der Waals surface area contributed by atoms with Crippen LogP contribution >= 0.6 is 0 Å². The van der Waals surface area contributed by atoms with E-state index >= 15 is 0 Å². The Morgan fingerprint density at radius 2 is 1.44 bits per heavy atom. The Labute approximate surface area is 112 Å². The maximum atomic E-state index is 2.70. The molecule has 2 rings (SSSR count). The zero-order valence-corrected chi connectivity index (χ0v) is 12.0. The molecule has 1 aromatic carbocycles. The van der Waals surface area contributed by atoms with Crippen LogP contribution in [0.2, 0.25) is 0 Å². The molecule has 0 radical (unpaired) electrons. The van der Waals surface area contributed by atoms with Gasteiger partial charge in [-0.25, -0.2) is 0 Å². The third-order valence-corrected chi connectivity index (χ3v) is 4.16. The van der Waals surface area contributed by atoms with Gasteiger partial charge >= 0.3 is 0 Å². The first-order chi connectivity index (χ1) is 8.85. The van der Waals surface area contributed by atoms with E-state index in [4.69, 9.17) is 0 Å². The van der Waals surface area contributed by atoms with Crippen LogP contribution in [0.3, 0.4) is 0 Å². The first kappa shape index (κ1) is 13.6. The predicted octanol–water partition coefficient (Wildman–Crippen LogP) is 4.75. The van der Waals surface area contributed by atoms with Gasteiger partial charge in [-0.15, -0.1) is 0 Å². The average Bonchev–Trinajstić information content (AvgIpc) is 2.82. The normalized spacial score (nSPS) is 15.3. The van der Waals surface area contributed by atoms with Crippen LogP contribution in [-0.2, 0) is 13.1 Å². The number of rotatable bonds is 7. The summed E-state index contributed by atoms with van der Waals surface area (Å²) in [6, 6.07) is 9.75. The lowest BCUT2D eigenvalue weighted by atomic mass is 10.0. The van der Waals surface area contributed by atoms with Crippen LogP contribution in [0.5, 0.6) is 0 Å². The molecule has 1 nitrogen and oxygen atoms in total. The molecule has 0 N–H and O–H groups in total. The van der Waals surface area contributed by atoms with E-state index in [2.05, 4.69) is 43.0 Å².